The number of imidazole rings is 2. The minimum atomic E-state index is -0.369. The molecule has 0 fully saturated rings. The van der Waals surface area contributed by atoms with Crippen LogP contribution in [0.15, 0.2) is 38.3 Å². The lowest BCUT2D eigenvalue weighted by atomic mass is 10.2. The van der Waals surface area contributed by atoms with E-state index in [4.69, 9.17) is 0 Å². The zero-order valence-electron chi connectivity index (χ0n) is 16.5. The molecule has 28 heavy (non-hydrogen) atoms. The van der Waals surface area contributed by atoms with Gasteiger partial charge in [-0.05, 0) is 45.4 Å². The number of halogens is 1. The first-order valence-corrected chi connectivity index (χ1v) is 9.95. The van der Waals surface area contributed by atoms with Gasteiger partial charge in [-0.15, -0.1) is 0 Å². The molecule has 8 heteroatoms. The maximum Gasteiger partial charge on any atom is 0.332 e. The number of benzene rings is 1. The summed E-state index contributed by atoms with van der Waals surface area (Å²) in [4.78, 5) is 30.9. The van der Waals surface area contributed by atoms with E-state index in [0.717, 1.165) is 21.4 Å². The molecule has 3 aromatic heterocycles. The van der Waals surface area contributed by atoms with Crippen LogP contribution in [0.4, 0.5) is 0 Å². The van der Waals surface area contributed by atoms with Gasteiger partial charge in [0.15, 0.2) is 11.2 Å². The molecule has 0 N–H and O–H groups in total. The van der Waals surface area contributed by atoms with E-state index in [1.54, 1.807) is 7.05 Å². The number of rotatable bonds is 3. The summed E-state index contributed by atoms with van der Waals surface area (Å²) in [5.74, 6) is 0.688. The van der Waals surface area contributed by atoms with Crippen molar-refractivity contribution in [1.82, 2.24) is 23.1 Å². The van der Waals surface area contributed by atoms with Gasteiger partial charge in [0.1, 0.15) is 0 Å². The lowest BCUT2D eigenvalue weighted by Crippen LogP contribution is -2.39. The average molecular weight is 444 g/mol. The lowest BCUT2D eigenvalue weighted by molar-refractivity contribution is 0.600. The molecular formula is C20H22BrN5O2. The highest BCUT2D eigenvalue weighted by molar-refractivity contribution is 9.10. The quantitative estimate of drug-likeness (QED) is 0.488. The topological polar surface area (TPSA) is 66.2 Å². The second kappa shape index (κ2) is 6.48. The van der Waals surface area contributed by atoms with Crippen molar-refractivity contribution in [3.05, 3.63) is 66.5 Å². The van der Waals surface area contributed by atoms with Crippen LogP contribution in [0.25, 0.3) is 16.9 Å². The van der Waals surface area contributed by atoms with Gasteiger partial charge in [0.25, 0.3) is 5.56 Å². The minimum Gasteiger partial charge on any atom is -0.311 e. The maximum atomic E-state index is 13.4. The SMILES string of the molecule is Cc1c(C)n2c3c(=O)n(Cc4ccc(Br)cc4)c(=O)n(C)c3nc2n1C(C)C. The van der Waals surface area contributed by atoms with Crippen molar-refractivity contribution in [1.29, 1.82) is 0 Å². The fraction of sp³-hybridized carbons (Fsp3) is 0.350. The Morgan fingerprint density at radius 1 is 1.07 bits per heavy atom. The summed E-state index contributed by atoms with van der Waals surface area (Å²) in [6, 6.07) is 7.79. The van der Waals surface area contributed by atoms with Crippen molar-refractivity contribution in [2.24, 2.45) is 7.05 Å². The first-order chi connectivity index (χ1) is 13.2. The third-order valence-corrected chi connectivity index (χ3v) is 5.86. The third-order valence-electron chi connectivity index (χ3n) is 5.33. The number of fused-ring (bicyclic) bond motifs is 3. The molecule has 7 nitrogen and oxygen atoms in total. The standard InChI is InChI=1S/C20H22BrN5O2/c1-11(2)25-12(3)13(4)26-16-17(22-19(25)26)23(5)20(28)24(18(16)27)10-14-6-8-15(21)9-7-14/h6-9,11H,10H2,1-5H3. The fourth-order valence-corrected chi connectivity index (χ4v) is 4.07. The first-order valence-electron chi connectivity index (χ1n) is 9.16. The molecule has 0 saturated heterocycles. The van der Waals surface area contributed by atoms with Crippen LogP contribution in [0.1, 0.15) is 36.8 Å². The molecule has 0 aliphatic heterocycles. The summed E-state index contributed by atoms with van der Waals surface area (Å²) in [6.07, 6.45) is 0. The third kappa shape index (κ3) is 2.58. The van der Waals surface area contributed by atoms with Crippen molar-refractivity contribution in [3.8, 4) is 0 Å². The highest BCUT2D eigenvalue weighted by Gasteiger charge is 2.23. The zero-order valence-corrected chi connectivity index (χ0v) is 18.1. The van der Waals surface area contributed by atoms with Crippen molar-refractivity contribution in [3.63, 3.8) is 0 Å². The molecule has 3 heterocycles. The molecule has 0 radical (unpaired) electrons. The van der Waals surface area contributed by atoms with Crippen LogP contribution in [0.5, 0.6) is 0 Å². The fourth-order valence-electron chi connectivity index (χ4n) is 3.80. The van der Waals surface area contributed by atoms with E-state index >= 15 is 0 Å². The Kier molecular flexibility index (Phi) is 4.33. The monoisotopic (exact) mass is 443 g/mol. The smallest absolute Gasteiger partial charge is 0.311 e. The van der Waals surface area contributed by atoms with Gasteiger partial charge in [0.2, 0.25) is 5.78 Å². The molecular weight excluding hydrogens is 422 g/mol. The van der Waals surface area contributed by atoms with Crippen molar-refractivity contribution in [2.45, 2.75) is 40.3 Å². The second-order valence-corrected chi connectivity index (χ2v) is 8.33. The number of hydrogen-bond donors (Lipinski definition) is 0. The van der Waals surface area contributed by atoms with E-state index in [0.29, 0.717) is 16.9 Å². The van der Waals surface area contributed by atoms with Crippen LogP contribution in [-0.4, -0.2) is 23.1 Å². The summed E-state index contributed by atoms with van der Waals surface area (Å²) in [5, 5.41) is 0. The van der Waals surface area contributed by atoms with Crippen molar-refractivity contribution >= 4 is 32.9 Å². The first kappa shape index (κ1) is 18.7. The molecule has 1 aromatic carbocycles. The van der Waals surface area contributed by atoms with E-state index < -0.39 is 0 Å². The van der Waals surface area contributed by atoms with Crippen LogP contribution in [0.2, 0.25) is 0 Å². The van der Waals surface area contributed by atoms with Crippen LogP contribution in [0, 0.1) is 13.8 Å². The van der Waals surface area contributed by atoms with Gasteiger partial charge in [0, 0.05) is 29.0 Å². The molecule has 0 bridgehead atoms. The Hall–Kier alpha value is -2.61. The molecule has 4 aromatic rings. The van der Waals surface area contributed by atoms with Gasteiger partial charge >= 0.3 is 5.69 Å². The van der Waals surface area contributed by atoms with Gasteiger partial charge in [-0.1, -0.05) is 28.1 Å². The Bertz CT molecular complexity index is 1340. The van der Waals surface area contributed by atoms with Gasteiger partial charge in [-0.3, -0.25) is 18.3 Å². The lowest BCUT2D eigenvalue weighted by Gasteiger charge is -2.10. The van der Waals surface area contributed by atoms with E-state index in [1.807, 2.05) is 42.5 Å². The van der Waals surface area contributed by atoms with Crippen molar-refractivity contribution in [2.75, 3.05) is 0 Å². The second-order valence-electron chi connectivity index (χ2n) is 7.41. The number of hydrogen-bond acceptors (Lipinski definition) is 3. The summed E-state index contributed by atoms with van der Waals surface area (Å²) in [5.41, 5.74) is 3.06. The van der Waals surface area contributed by atoms with Crippen LogP contribution in [0.3, 0.4) is 0 Å². The molecule has 0 aliphatic rings. The number of aromatic nitrogens is 5. The Labute approximate surface area is 170 Å². The Morgan fingerprint density at radius 3 is 2.32 bits per heavy atom. The number of nitrogens with zero attached hydrogens (tertiary/aromatic N) is 5. The highest BCUT2D eigenvalue weighted by atomic mass is 79.9. The van der Waals surface area contributed by atoms with Gasteiger partial charge < -0.3 is 4.57 Å². The maximum absolute atomic E-state index is 13.4. The molecule has 0 atom stereocenters. The molecule has 0 unspecified atom stereocenters. The Morgan fingerprint density at radius 2 is 1.71 bits per heavy atom. The van der Waals surface area contributed by atoms with E-state index in [9.17, 15) is 9.59 Å². The predicted molar refractivity (Wildman–Crippen MR) is 113 cm³/mol. The average Bonchev–Trinajstić information content (AvgIpc) is 3.14. The van der Waals surface area contributed by atoms with Crippen LogP contribution >= 0.6 is 15.9 Å². The zero-order chi connectivity index (χ0) is 20.3. The number of aryl methyl sites for hydroxylation is 2. The summed E-state index contributed by atoms with van der Waals surface area (Å²) in [6.45, 7) is 8.38. The van der Waals surface area contributed by atoms with Gasteiger partial charge in [0.05, 0.1) is 6.54 Å². The summed E-state index contributed by atoms with van der Waals surface area (Å²) < 4.78 is 7.66. The van der Waals surface area contributed by atoms with E-state index in [1.165, 1.54) is 9.13 Å². The largest absolute Gasteiger partial charge is 0.332 e. The normalized spacial score (nSPS) is 12.0. The minimum absolute atomic E-state index is 0.190. The summed E-state index contributed by atoms with van der Waals surface area (Å²) in [7, 11) is 1.66. The van der Waals surface area contributed by atoms with E-state index in [-0.39, 0.29) is 23.8 Å². The molecule has 4 rings (SSSR count). The van der Waals surface area contributed by atoms with Gasteiger partial charge in [-0.25, -0.2) is 4.79 Å². The predicted octanol–water partition coefficient (Wildman–Crippen LogP) is 3.16. The van der Waals surface area contributed by atoms with E-state index in [2.05, 4.69) is 39.3 Å². The molecule has 0 spiro atoms. The molecule has 0 aliphatic carbocycles. The van der Waals surface area contributed by atoms with Crippen LogP contribution in [-0.2, 0) is 13.6 Å². The van der Waals surface area contributed by atoms with Crippen LogP contribution < -0.4 is 11.2 Å². The summed E-state index contributed by atoms with van der Waals surface area (Å²) >= 11 is 3.41. The molecule has 0 saturated carbocycles. The highest BCUT2D eigenvalue weighted by Crippen LogP contribution is 2.24. The van der Waals surface area contributed by atoms with Crippen molar-refractivity contribution < 1.29 is 0 Å². The molecule has 0 amide bonds. The van der Waals surface area contributed by atoms with Gasteiger partial charge in [-0.2, -0.15) is 4.98 Å². The molecule has 146 valence electrons. The Balaban J connectivity index is 2.07.